The Morgan fingerprint density at radius 1 is 0.970 bits per heavy atom. The maximum atomic E-state index is 12.6. The number of carboxylic acid groups (broad SMARTS) is 2. The third-order valence-electron chi connectivity index (χ3n) is 5.40. The van der Waals surface area contributed by atoms with Crippen molar-refractivity contribution in [1.82, 2.24) is 16.0 Å². The summed E-state index contributed by atoms with van der Waals surface area (Å²) < 4.78 is 5.22. The van der Waals surface area contributed by atoms with Crippen molar-refractivity contribution >= 4 is 29.8 Å². The van der Waals surface area contributed by atoms with Crippen LogP contribution in [-0.4, -0.2) is 64.3 Å². The molecule has 0 saturated heterocycles. The van der Waals surface area contributed by atoms with Crippen LogP contribution in [0, 0.1) is 17.8 Å². The van der Waals surface area contributed by atoms with Crippen molar-refractivity contribution in [3.8, 4) is 0 Å². The van der Waals surface area contributed by atoms with Gasteiger partial charge in [-0.2, -0.15) is 0 Å². The average Bonchev–Trinajstić information content (AvgIpc) is 2.68. The largest absolute Gasteiger partial charge is 0.481 e. The van der Waals surface area contributed by atoms with Gasteiger partial charge in [0, 0.05) is 12.5 Å². The first-order valence-electron chi connectivity index (χ1n) is 11.2. The van der Waals surface area contributed by atoms with Gasteiger partial charge in [0.05, 0.1) is 6.42 Å². The number of hydrogen-bond acceptors (Lipinski definition) is 6. The van der Waals surface area contributed by atoms with Gasteiger partial charge in [0.25, 0.3) is 0 Å². The molecule has 5 N–H and O–H groups in total. The fourth-order valence-corrected chi connectivity index (χ4v) is 3.62. The van der Waals surface area contributed by atoms with Gasteiger partial charge in [-0.15, -0.1) is 0 Å². The third-order valence-corrected chi connectivity index (χ3v) is 5.40. The van der Waals surface area contributed by atoms with E-state index in [1.54, 1.807) is 20.8 Å². The van der Waals surface area contributed by atoms with Crippen LogP contribution < -0.4 is 16.0 Å². The zero-order chi connectivity index (χ0) is 25.3. The van der Waals surface area contributed by atoms with Crippen molar-refractivity contribution in [2.45, 2.75) is 84.4 Å². The van der Waals surface area contributed by atoms with Crippen molar-refractivity contribution in [3.63, 3.8) is 0 Å². The molecule has 2 atom stereocenters. The summed E-state index contributed by atoms with van der Waals surface area (Å²) in [6.07, 6.45) is 0.981. The normalized spacial score (nSPS) is 20.3. The summed E-state index contributed by atoms with van der Waals surface area (Å²) in [6.45, 7) is 9.24. The molecule has 0 aromatic rings. The van der Waals surface area contributed by atoms with Crippen LogP contribution >= 0.6 is 0 Å². The summed E-state index contributed by atoms with van der Waals surface area (Å²) in [6, 6.07) is -2.21. The molecule has 0 radical (unpaired) electrons. The summed E-state index contributed by atoms with van der Waals surface area (Å²) >= 11 is 0. The van der Waals surface area contributed by atoms with Crippen molar-refractivity contribution in [1.29, 1.82) is 0 Å². The Kier molecular flexibility index (Phi) is 10.6. The van der Waals surface area contributed by atoms with E-state index >= 15 is 0 Å². The van der Waals surface area contributed by atoms with Crippen LogP contribution in [0.5, 0.6) is 0 Å². The van der Waals surface area contributed by atoms with E-state index in [1.807, 2.05) is 13.8 Å². The number of carbonyl (C=O) groups excluding carboxylic acids is 3. The third kappa shape index (κ3) is 10.5. The summed E-state index contributed by atoms with van der Waals surface area (Å²) in [5.41, 5.74) is -0.675. The van der Waals surface area contributed by atoms with E-state index in [2.05, 4.69) is 16.0 Å². The molecule has 11 heteroatoms. The zero-order valence-electron chi connectivity index (χ0n) is 20.0. The molecule has 0 bridgehead atoms. The Labute approximate surface area is 194 Å². The first-order chi connectivity index (χ1) is 15.2. The predicted molar refractivity (Wildman–Crippen MR) is 118 cm³/mol. The van der Waals surface area contributed by atoms with E-state index in [1.165, 1.54) is 0 Å². The number of alkyl carbamates (subject to hydrolysis) is 1. The summed E-state index contributed by atoms with van der Waals surface area (Å²) in [7, 11) is 0. The molecular weight excluding hydrogens is 434 g/mol. The van der Waals surface area contributed by atoms with Gasteiger partial charge in [-0.3, -0.25) is 14.4 Å². The Balaban J connectivity index is 2.50. The van der Waals surface area contributed by atoms with Crippen LogP contribution in [0.15, 0.2) is 0 Å². The number of ether oxygens (including phenoxy) is 1. The lowest BCUT2D eigenvalue weighted by Crippen LogP contribution is -2.51. The lowest BCUT2D eigenvalue weighted by Gasteiger charge is -2.29. The zero-order valence-corrected chi connectivity index (χ0v) is 20.0. The number of amides is 3. The molecule has 0 aliphatic heterocycles. The molecule has 0 aromatic carbocycles. The fraction of sp³-hybridized carbons (Fsp3) is 0.773. The summed E-state index contributed by atoms with van der Waals surface area (Å²) in [5.74, 6) is -3.87. The van der Waals surface area contributed by atoms with E-state index in [0.29, 0.717) is 32.2 Å². The molecule has 0 unspecified atom stereocenters. The van der Waals surface area contributed by atoms with Crippen LogP contribution in [0.1, 0.15) is 66.7 Å². The molecule has 1 rings (SSSR count). The molecule has 0 heterocycles. The smallest absolute Gasteiger partial charge is 0.408 e. The second kappa shape index (κ2) is 12.4. The lowest BCUT2D eigenvalue weighted by molar-refractivity contribution is -0.147. The van der Waals surface area contributed by atoms with Gasteiger partial charge in [-0.25, -0.2) is 9.59 Å². The van der Waals surface area contributed by atoms with Gasteiger partial charge in [0.1, 0.15) is 17.7 Å². The Hall–Kier alpha value is -2.85. The number of carboxylic acids is 2. The number of carbonyl (C=O) groups is 5. The van der Waals surface area contributed by atoms with Crippen LogP contribution in [-0.2, 0) is 23.9 Å². The number of hydrogen-bond donors (Lipinski definition) is 5. The van der Waals surface area contributed by atoms with Crippen molar-refractivity contribution in [3.05, 3.63) is 0 Å². The number of nitrogens with one attached hydrogen (secondary N) is 3. The van der Waals surface area contributed by atoms with Gasteiger partial charge in [0.2, 0.25) is 11.8 Å². The standard InChI is InChI=1S/C22H37N3O8/c1-12(2)17(25-21(32)33-22(3,4)5)19(29)23-11-13-6-8-14(9-7-13)18(28)24-15(20(30)31)10-16(26)27/h12-15,17H,6-11H2,1-5H3,(H,23,29)(H,24,28)(H,25,32)(H,26,27)(H,30,31)/t13?,14?,15-,17-/m0/s1. The highest BCUT2D eigenvalue weighted by molar-refractivity contribution is 5.88. The molecule has 188 valence electrons. The summed E-state index contributed by atoms with van der Waals surface area (Å²) in [5, 5.41) is 25.6. The van der Waals surface area contributed by atoms with Gasteiger partial charge in [0.15, 0.2) is 0 Å². The minimum atomic E-state index is -1.46. The molecule has 3 amide bonds. The maximum absolute atomic E-state index is 12.6. The quantitative estimate of drug-likeness (QED) is 0.319. The lowest BCUT2D eigenvalue weighted by atomic mass is 9.81. The number of rotatable bonds is 10. The van der Waals surface area contributed by atoms with Gasteiger partial charge in [-0.05, 0) is 58.3 Å². The first kappa shape index (κ1) is 28.2. The van der Waals surface area contributed by atoms with Gasteiger partial charge >= 0.3 is 18.0 Å². The van der Waals surface area contributed by atoms with Gasteiger partial charge < -0.3 is 30.9 Å². The molecule has 33 heavy (non-hydrogen) atoms. The Bertz CT molecular complexity index is 724. The molecule has 0 spiro atoms. The number of aliphatic carboxylic acids is 2. The molecule has 0 aromatic heterocycles. The van der Waals surface area contributed by atoms with Crippen LogP contribution in [0.4, 0.5) is 4.79 Å². The molecule has 11 nitrogen and oxygen atoms in total. The highest BCUT2D eigenvalue weighted by Gasteiger charge is 2.31. The van der Waals surface area contributed by atoms with E-state index in [-0.39, 0.29) is 17.7 Å². The predicted octanol–water partition coefficient (Wildman–Crippen LogP) is 1.50. The highest BCUT2D eigenvalue weighted by atomic mass is 16.6. The average molecular weight is 472 g/mol. The minimum Gasteiger partial charge on any atom is -0.481 e. The van der Waals surface area contributed by atoms with Crippen LogP contribution in [0.2, 0.25) is 0 Å². The monoisotopic (exact) mass is 471 g/mol. The van der Waals surface area contributed by atoms with E-state index in [0.717, 1.165) is 0 Å². The highest BCUT2D eigenvalue weighted by Crippen LogP contribution is 2.28. The molecule has 1 fully saturated rings. The summed E-state index contributed by atoms with van der Waals surface area (Å²) in [4.78, 5) is 58.9. The van der Waals surface area contributed by atoms with Crippen molar-refractivity contribution < 1.29 is 38.9 Å². The topological polar surface area (TPSA) is 171 Å². The second-order valence-electron chi connectivity index (χ2n) is 9.83. The minimum absolute atomic E-state index is 0.140. The van der Waals surface area contributed by atoms with Crippen LogP contribution in [0.3, 0.4) is 0 Å². The Morgan fingerprint density at radius 3 is 2.00 bits per heavy atom. The van der Waals surface area contributed by atoms with E-state index in [4.69, 9.17) is 14.9 Å². The molecular formula is C22H37N3O8. The van der Waals surface area contributed by atoms with E-state index < -0.39 is 54.0 Å². The first-order valence-corrected chi connectivity index (χ1v) is 11.2. The SMILES string of the molecule is CC(C)[C@H](NC(=O)OC(C)(C)C)C(=O)NCC1CCC(C(=O)N[C@@H](CC(=O)O)C(=O)O)CC1. The second-order valence-corrected chi connectivity index (χ2v) is 9.83. The molecule has 1 aliphatic carbocycles. The van der Waals surface area contributed by atoms with Gasteiger partial charge in [-0.1, -0.05) is 13.8 Å². The fourth-order valence-electron chi connectivity index (χ4n) is 3.62. The molecule has 1 aliphatic rings. The van der Waals surface area contributed by atoms with E-state index in [9.17, 15) is 24.0 Å². The Morgan fingerprint density at radius 2 is 1.55 bits per heavy atom. The molecule has 1 saturated carbocycles. The van der Waals surface area contributed by atoms with Crippen molar-refractivity contribution in [2.75, 3.05) is 6.54 Å². The van der Waals surface area contributed by atoms with Crippen molar-refractivity contribution in [2.24, 2.45) is 17.8 Å². The maximum Gasteiger partial charge on any atom is 0.408 e. The van der Waals surface area contributed by atoms with Crippen LogP contribution in [0.25, 0.3) is 0 Å².